The van der Waals surface area contributed by atoms with Crippen LogP contribution >= 0.6 is 15.9 Å². The van der Waals surface area contributed by atoms with Crippen LogP contribution in [0.4, 0.5) is 0 Å². The zero-order chi connectivity index (χ0) is 11.2. The Labute approximate surface area is 95.4 Å². The van der Waals surface area contributed by atoms with Gasteiger partial charge in [0.15, 0.2) is 0 Å². The van der Waals surface area contributed by atoms with Crippen LogP contribution in [-0.4, -0.2) is 38.7 Å². The molecule has 0 saturated carbocycles. The molecule has 0 bridgehead atoms. The summed E-state index contributed by atoms with van der Waals surface area (Å²) in [6.07, 6.45) is 1.98. The van der Waals surface area contributed by atoms with Gasteiger partial charge in [0, 0.05) is 26.0 Å². The molecular weight excluding hydrogens is 268 g/mol. The van der Waals surface area contributed by atoms with E-state index in [1.54, 1.807) is 0 Å². The van der Waals surface area contributed by atoms with Crippen LogP contribution in [-0.2, 0) is 10.2 Å². The van der Waals surface area contributed by atoms with Gasteiger partial charge in [-0.15, -0.1) is 0 Å². The highest BCUT2D eigenvalue weighted by Gasteiger charge is 2.14. The molecule has 0 heterocycles. The first-order valence-electron chi connectivity index (χ1n) is 4.67. The van der Waals surface area contributed by atoms with Crippen molar-refractivity contribution in [3.05, 3.63) is 0 Å². The Morgan fingerprint density at radius 2 is 2.00 bits per heavy atom. The van der Waals surface area contributed by atoms with Crippen molar-refractivity contribution in [2.24, 2.45) is 5.92 Å². The highest BCUT2D eigenvalue weighted by atomic mass is 79.9. The lowest BCUT2D eigenvalue weighted by Crippen LogP contribution is -2.38. The second-order valence-corrected chi connectivity index (χ2v) is 6.15. The Hall–Kier alpha value is 0.350. The predicted octanol–water partition coefficient (Wildman–Crippen LogP) is 1.19. The summed E-state index contributed by atoms with van der Waals surface area (Å²) in [5.74, 6) is 0.407. The second kappa shape index (κ2) is 6.76. The van der Waals surface area contributed by atoms with Crippen LogP contribution in [0.3, 0.4) is 0 Å². The molecule has 86 valence electrons. The number of nitrogens with one attached hydrogen (secondary N) is 1. The standard InChI is InChI=1S/C8H19BrN2O2S/c1-4-8(5-6-9)7-10-14(12,13)11(2)3/h8,10H,4-7H2,1-3H3. The number of hydrogen-bond donors (Lipinski definition) is 1. The topological polar surface area (TPSA) is 49.4 Å². The van der Waals surface area contributed by atoms with Gasteiger partial charge in [0.2, 0.25) is 0 Å². The highest BCUT2D eigenvalue weighted by molar-refractivity contribution is 9.09. The van der Waals surface area contributed by atoms with E-state index in [-0.39, 0.29) is 0 Å². The second-order valence-electron chi connectivity index (χ2n) is 3.39. The van der Waals surface area contributed by atoms with Gasteiger partial charge in [-0.3, -0.25) is 0 Å². The Kier molecular flexibility index (Phi) is 6.93. The lowest BCUT2D eigenvalue weighted by molar-refractivity contribution is 0.460. The first-order valence-corrected chi connectivity index (χ1v) is 7.23. The van der Waals surface area contributed by atoms with Gasteiger partial charge in [-0.25, -0.2) is 4.72 Å². The molecule has 0 radical (unpaired) electrons. The maximum Gasteiger partial charge on any atom is 0.278 e. The minimum absolute atomic E-state index is 0.407. The van der Waals surface area contributed by atoms with Gasteiger partial charge in [0.05, 0.1) is 0 Å². The van der Waals surface area contributed by atoms with Crippen molar-refractivity contribution >= 4 is 26.1 Å². The van der Waals surface area contributed by atoms with Crippen LogP contribution in [0.25, 0.3) is 0 Å². The molecule has 6 heteroatoms. The molecule has 0 aliphatic carbocycles. The van der Waals surface area contributed by atoms with Crippen molar-refractivity contribution in [3.63, 3.8) is 0 Å². The lowest BCUT2D eigenvalue weighted by atomic mass is 10.0. The fraction of sp³-hybridized carbons (Fsp3) is 1.00. The summed E-state index contributed by atoms with van der Waals surface area (Å²) in [6.45, 7) is 2.58. The lowest BCUT2D eigenvalue weighted by Gasteiger charge is -2.17. The van der Waals surface area contributed by atoms with Crippen molar-refractivity contribution in [1.82, 2.24) is 9.03 Å². The van der Waals surface area contributed by atoms with Crippen molar-refractivity contribution in [2.75, 3.05) is 26.0 Å². The molecule has 0 spiro atoms. The van der Waals surface area contributed by atoms with E-state index in [0.717, 1.165) is 18.2 Å². The van der Waals surface area contributed by atoms with Crippen LogP contribution in [0.5, 0.6) is 0 Å². The Balaban J connectivity index is 4.03. The molecule has 14 heavy (non-hydrogen) atoms. The van der Waals surface area contributed by atoms with Gasteiger partial charge in [-0.05, 0) is 12.3 Å². The summed E-state index contributed by atoms with van der Waals surface area (Å²) in [7, 11) is -0.210. The van der Waals surface area contributed by atoms with Gasteiger partial charge >= 0.3 is 0 Å². The summed E-state index contributed by atoms with van der Waals surface area (Å²) in [5, 5.41) is 0.912. The average molecular weight is 287 g/mol. The van der Waals surface area contributed by atoms with Crippen molar-refractivity contribution in [2.45, 2.75) is 19.8 Å². The third kappa shape index (κ3) is 5.29. The van der Waals surface area contributed by atoms with Crippen LogP contribution in [0, 0.1) is 5.92 Å². The first kappa shape index (κ1) is 14.3. The summed E-state index contributed by atoms with van der Waals surface area (Å²) < 4.78 is 26.5. The van der Waals surface area contributed by atoms with E-state index in [4.69, 9.17) is 0 Å². The number of hydrogen-bond acceptors (Lipinski definition) is 2. The van der Waals surface area contributed by atoms with Gasteiger partial charge in [0.1, 0.15) is 0 Å². The fourth-order valence-corrected chi connectivity index (χ4v) is 2.31. The molecule has 4 nitrogen and oxygen atoms in total. The van der Waals surface area contributed by atoms with E-state index in [1.165, 1.54) is 18.4 Å². The van der Waals surface area contributed by atoms with Crippen LogP contribution in [0.1, 0.15) is 19.8 Å². The van der Waals surface area contributed by atoms with E-state index in [9.17, 15) is 8.42 Å². The van der Waals surface area contributed by atoms with E-state index in [1.807, 2.05) is 0 Å². The zero-order valence-corrected chi connectivity index (χ0v) is 11.4. The van der Waals surface area contributed by atoms with Crippen LogP contribution < -0.4 is 4.72 Å². The first-order chi connectivity index (χ1) is 6.44. The molecule has 0 amide bonds. The molecular formula is C8H19BrN2O2S. The summed E-state index contributed by atoms with van der Waals surface area (Å²) >= 11 is 3.35. The minimum atomic E-state index is -3.25. The van der Waals surface area contributed by atoms with Crippen LogP contribution in [0.15, 0.2) is 0 Å². The smallest absolute Gasteiger partial charge is 0.202 e. The molecule has 0 aliphatic rings. The average Bonchev–Trinajstić information content (AvgIpc) is 2.12. The van der Waals surface area contributed by atoms with E-state index in [2.05, 4.69) is 27.6 Å². The van der Waals surface area contributed by atoms with Crippen molar-refractivity contribution in [3.8, 4) is 0 Å². The molecule has 1 N–H and O–H groups in total. The number of nitrogens with zero attached hydrogens (tertiary/aromatic N) is 1. The largest absolute Gasteiger partial charge is 0.278 e. The molecule has 0 aromatic rings. The maximum absolute atomic E-state index is 11.4. The molecule has 0 saturated heterocycles. The quantitative estimate of drug-likeness (QED) is 0.715. The highest BCUT2D eigenvalue weighted by Crippen LogP contribution is 2.09. The number of rotatable bonds is 7. The van der Waals surface area contributed by atoms with E-state index < -0.39 is 10.2 Å². The summed E-state index contributed by atoms with van der Waals surface area (Å²) in [5.41, 5.74) is 0. The Morgan fingerprint density at radius 1 is 1.43 bits per heavy atom. The van der Waals surface area contributed by atoms with Gasteiger partial charge in [-0.2, -0.15) is 12.7 Å². The predicted molar refractivity (Wildman–Crippen MR) is 62.8 cm³/mol. The molecule has 0 rings (SSSR count). The minimum Gasteiger partial charge on any atom is -0.202 e. The summed E-state index contributed by atoms with van der Waals surface area (Å²) in [4.78, 5) is 0. The van der Waals surface area contributed by atoms with E-state index >= 15 is 0 Å². The fourth-order valence-electron chi connectivity index (χ4n) is 0.957. The molecule has 0 fully saturated rings. The molecule has 0 aliphatic heterocycles. The number of halogens is 1. The van der Waals surface area contributed by atoms with Gasteiger partial charge in [0.25, 0.3) is 10.2 Å². The number of alkyl halides is 1. The molecule has 0 aromatic heterocycles. The SMILES string of the molecule is CCC(CCBr)CNS(=O)(=O)N(C)C. The molecule has 0 aromatic carbocycles. The van der Waals surface area contributed by atoms with Crippen molar-refractivity contribution < 1.29 is 8.42 Å². The monoisotopic (exact) mass is 286 g/mol. The maximum atomic E-state index is 11.4. The Bertz CT molecular complexity index is 242. The van der Waals surface area contributed by atoms with Crippen molar-refractivity contribution in [1.29, 1.82) is 0 Å². The third-order valence-corrected chi connectivity index (χ3v) is 4.08. The van der Waals surface area contributed by atoms with Gasteiger partial charge in [-0.1, -0.05) is 29.3 Å². The third-order valence-electron chi connectivity index (χ3n) is 2.13. The normalized spacial score (nSPS) is 14.6. The summed E-state index contributed by atoms with van der Waals surface area (Å²) in [6, 6.07) is 0. The van der Waals surface area contributed by atoms with E-state index in [0.29, 0.717) is 12.5 Å². The molecule has 1 unspecified atom stereocenters. The Morgan fingerprint density at radius 3 is 2.36 bits per heavy atom. The molecule has 1 atom stereocenters. The van der Waals surface area contributed by atoms with Crippen LogP contribution in [0.2, 0.25) is 0 Å². The zero-order valence-electron chi connectivity index (χ0n) is 8.96. The van der Waals surface area contributed by atoms with Gasteiger partial charge < -0.3 is 0 Å².